The highest BCUT2D eigenvalue weighted by Crippen LogP contribution is 2.31. The molecule has 2 heterocycles. The highest BCUT2D eigenvalue weighted by atomic mass is 16.1. The standard InChI is InChI=1S/C19H26N4O/c24-17(18-20-11-13-22(18)15-7-3-1-4-8-15)19-21-12-14-23(19)16-9-5-2-6-10-16/h11-16H,1-10H2. The fourth-order valence-electron chi connectivity index (χ4n) is 4.39. The monoisotopic (exact) mass is 326 g/mol. The lowest BCUT2D eigenvalue weighted by Crippen LogP contribution is -2.23. The third-order valence-corrected chi connectivity index (χ3v) is 5.68. The average molecular weight is 326 g/mol. The molecule has 2 aromatic rings. The first kappa shape index (κ1) is 15.6. The Kier molecular flexibility index (Phi) is 4.50. The Bertz CT molecular complexity index is 632. The topological polar surface area (TPSA) is 52.7 Å². The van der Waals surface area contributed by atoms with Gasteiger partial charge >= 0.3 is 0 Å². The number of rotatable bonds is 4. The quantitative estimate of drug-likeness (QED) is 0.786. The molecule has 0 bridgehead atoms. The van der Waals surface area contributed by atoms with Crippen LogP contribution in [0, 0.1) is 0 Å². The van der Waals surface area contributed by atoms with Gasteiger partial charge < -0.3 is 9.13 Å². The summed E-state index contributed by atoms with van der Waals surface area (Å²) in [7, 11) is 0. The second-order valence-corrected chi connectivity index (χ2v) is 7.23. The predicted octanol–water partition coefficient (Wildman–Crippen LogP) is 4.32. The van der Waals surface area contributed by atoms with Crippen molar-refractivity contribution in [3.8, 4) is 0 Å². The van der Waals surface area contributed by atoms with Crippen molar-refractivity contribution in [3.63, 3.8) is 0 Å². The summed E-state index contributed by atoms with van der Waals surface area (Å²) in [5.74, 6) is 1.09. The highest BCUT2D eigenvalue weighted by Gasteiger charge is 2.27. The third kappa shape index (κ3) is 2.92. The van der Waals surface area contributed by atoms with Crippen molar-refractivity contribution in [1.82, 2.24) is 19.1 Å². The van der Waals surface area contributed by atoms with Crippen LogP contribution in [-0.4, -0.2) is 24.9 Å². The molecule has 0 aliphatic heterocycles. The zero-order valence-corrected chi connectivity index (χ0v) is 14.2. The number of hydrogen-bond donors (Lipinski definition) is 0. The molecule has 0 N–H and O–H groups in total. The number of ketones is 1. The fraction of sp³-hybridized carbons (Fsp3) is 0.632. The molecule has 2 aromatic heterocycles. The molecule has 2 saturated carbocycles. The van der Waals surface area contributed by atoms with E-state index in [0.717, 1.165) is 25.7 Å². The molecule has 0 radical (unpaired) electrons. The summed E-state index contributed by atoms with van der Waals surface area (Å²) in [6.07, 6.45) is 19.6. The maximum absolute atomic E-state index is 13.1. The smallest absolute Gasteiger partial charge is 0.263 e. The van der Waals surface area contributed by atoms with E-state index in [4.69, 9.17) is 0 Å². The van der Waals surface area contributed by atoms with Crippen LogP contribution < -0.4 is 0 Å². The first-order valence-electron chi connectivity index (χ1n) is 9.45. The Morgan fingerprint density at radius 3 is 1.58 bits per heavy atom. The van der Waals surface area contributed by atoms with E-state index in [9.17, 15) is 4.79 Å². The number of carbonyl (C=O) groups is 1. The third-order valence-electron chi connectivity index (χ3n) is 5.68. The lowest BCUT2D eigenvalue weighted by Gasteiger charge is -2.25. The predicted molar refractivity (Wildman–Crippen MR) is 92.1 cm³/mol. The van der Waals surface area contributed by atoms with E-state index in [1.165, 1.54) is 38.5 Å². The van der Waals surface area contributed by atoms with Crippen LogP contribution >= 0.6 is 0 Å². The molecule has 0 atom stereocenters. The molecule has 0 aromatic carbocycles. The normalized spacial score (nSPS) is 20.3. The van der Waals surface area contributed by atoms with Gasteiger partial charge in [-0.1, -0.05) is 38.5 Å². The van der Waals surface area contributed by atoms with Crippen LogP contribution in [0.5, 0.6) is 0 Å². The van der Waals surface area contributed by atoms with Crippen molar-refractivity contribution in [2.75, 3.05) is 0 Å². The van der Waals surface area contributed by atoms with Crippen LogP contribution in [-0.2, 0) is 0 Å². The molecule has 24 heavy (non-hydrogen) atoms. The van der Waals surface area contributed by atoms with Gasteiger partial charge in [-0.2, -0.15) is 0 Å². The maximum atomic E-state index is 13.1. The maximum Gasteiger partial charge on any atom is 0.263 e. The van der Waals surface area contributed by atoms with Gasteiger partial charge in [-0.15, -0.1) is 0 Å². The summed E-state index contributed by atoms with van der Waals surface area (Å²) >= 11 is 0. The highest BCUT2D eigenvalue weighted by molar-refractivity contribution is 6.04. The summed E-state index contributed by atoms with van der Waals surface area (Å²) in [5, 5.41) is 0. The second kappa shape index (κ2) is 6.91. The van der Waals surface area contributed by atoms with Crippen LogP contribution in [0.3, 0.4) is 0 Å². The average Bonchev–Trinajstić information content (AvgIpc) is 3.32. The Morgan fingerprint density at radius 2 is 1.17 bits per heavy atom. The van der Waals surface area contributed by atoms with Crippen LogP contribution in [0.2, 0.25) is 0 Å². The van der Waals surface area contributed by atoms with Gasteiger partial charge in [-0.05, 0) is 25.7 Å². The zero-order chi connectivity index (χ0) is 16.4. The van der Waals surface area contributed by atoms with Crippen LogP contribution in [0.1, 0.15) is 92.7 Å². The molecule has 2 fully saturated rings. The molecule has 128 valence electrons. The summed E-state index contributed by atoms with van der Waals surface area (Å²) in [4.78, 5) is 21.9. The second-order valence-electron chi connectivity index (χ2n) is 7.23. The van der Waals surface area contributed by atoms with Crippen molar-refractivity contribution in [1.29, 1.82) is 0 Å². The molecule has 2 aliphatic carbocycles. The van der Waals surface area contributed by atoms with E-state index in [1.807, 2.05) is 12.4 Å². The number of nitrogens with zero attached hydrogens (tertiary/aromatic N) is 4. The van der Waals surface area contributed by atoms with E-state index in [-0.39, 0.29) is 5.78 Å². The SMILES string of the molecule is O=C(c1nccn1C1CCCCC1)c1nccn1C1CCCCC1. The summed E-state index contributed by atoms with van der Waals surface area (Å²) in [6, 6.07) is 0.830. The number of hydrogen-bond acceptors (Lipinski definition) is 3. The van der Waals surface area contributed by atoms with Crippen molar-refractivity contribution in [2.24, 2.45) is 0 Å². The molecular weight excluding hydrogens is 300 g/mol. The first-order valence-corrected chi connectivity index (χ1v) is 9.45. The van der Waals surface area contributed by atoms with Crippen molar-refractivity contribution in [3.05, 3.63) is 36.4 Å². The minimum atomic E-state index is -0.0267. The van der Waals surface area contributed by atoms with Gasteiger partial charge in [-0.3, -0.25) is 4.79 Å². The van der Waals surface area contributed by atoms with E-state index in [1.54, 1.807) is 12.4 Å². The molecule has 0 unspecified atom stereocenters. The Labute approximate surface area is 143 Å². The van der Waals surface area contributed by atoms with E-state index >= 15 is 0 Å². The van der Waals surface area contributed by atoms with Crippen LogP contribution in [0.15, 0.2) is 24.8 Å². The lowest BCUT2D eigenvalue weighted by molar-refractivity contribution is 0.0999. The van der Waals surface area contributed by atoms with Crippen molar-refractivity contribution >= 4 is 5.78 Å². The van der Waals surface area contributed by atoms with Crippen LogP contribution in [0.4, 0.5) is 0 Å². The number of imidazole rings is 2. The molecule has 4 rings (SSSR count). The molecule has 0 spiro atoms. The van der Waals surface area contributed by atoms with Gasteiger partial charge in [0.25, 0.3) is 5.78 Å². The minimum Gasteiger partial charge on any atom is -0.325 e. The van der Waals surface area contributed by atoms with Gasteiger partial charge in [0, 0.05) is 36.9 Å². The van der Waals surface area contributed by atoms with Gasteiger partial charge in [0.15, 0.2) is 11.6 Å². The Morgan fingerprint density at radius 1 is 0.750 bits per heavy atom. The molecule has 0 saturated heterocycles. The molecule has 2 aliphatic rings. The van der Waals surface area contributed by atoms with Crippen molar-refractivity contribution in [2.45, 2.75) is 76.3 Å². The van der Waals surface area contributed by atoms with Gasteiger partial charge in [0.1, 0.15) is 0 Å². The molecule has 5 nitrogen and oxygen atoms in total. The van der Waals surface area contributed by atoms with Crippen LogP contribution in [0.25, 0.3) is 0 Å². The summed E-state index contributed by atoms with van der Waals surface area (Å²) in [6.45, 7) is 0. The molecule has 5 heteroatoms. The van der Waals surface area contributed by atoms with Crippen molar-refractivity contribution < 1.29 is 4.79 Å². The van der Waals surface area contributed by atoms with E-state index in [0.29, 0.717) is 23.7 Å². The molecule has 0 amide bonds. The fourth-order valence-corrected chi connectivity index (χ4v) is 4.39. The Hall–Kier alpha value is -1.91. The van der Waals surface area contributed by atoms with Gasteiger partial charge in [0.05, 0.1) is 0 Å². The lowest BCUT2D eigenvalue weighted by atomic mass is 9.95. The van der Waals surface area contributed by atoms with E-state index < -0.39 is 0 Å². The minimum absolute atomic E-state index is 0.0267. The first-order chi connectivity index (χ1) is 11.8. The van der Waals surface area contributed by atoms with E-state index in [2.05, 4.69) is 19.1 Å². The summed E-state index contributed by atoms with van der Waals surface area (Å²) in [5.41, 5.74) is 0. The van der Waals surface area contributed by atoms with Gasteiger partial charge in [0.2, 0.25) is 0 Å². The largest absolute Gasteiger partial charge is 0.325 e. The Balaban J connectivity index is 1.61. The number of carbonyl (C=O) groups excluding carboxylic acids is 1. The number of aromatic nitrogens is 4. The zero-order valence-electron chi connectivity index (χ0n) is 14.2. The molecular formula is C19H26N4O. The summed E-state index contributed by atoms with van der Waals surface area (Å²) < 4.78 is 4.20. The van der Waals surface area contributed by atoms with Gasteiger partial charge in [-0.25, -0.2) is 9.97 Å².